The van der Waals surface area contributed by atoms with Crippen molar-refractivity contribution in [3.63, 3.8) is 0 Å². The quantitative estimate of drug-likeness (QED) is 0.534. The van der Waals surface area contributed by atoms with Crippen molar-refractivity contribution >= 4 is 21.6 Å². The standard InChI is InChI=1S/C23H18BrN3/c24-20-13-11-19(12-14-20)23(16-25)27-22(18-9-5-2-6-10-18)15-21(26-27)17-7-3-1-4-8-17/h1-14,22-23H,15H2/t22-,23-/m1/s1. The summed E-state index contributed by atoms with van der Waals surface area (Å²) in [5, 5.41) is 16.8. The van der Waals surface area contributed by atoms with Gasteiger partial charge in [0.15, 0.2) is 6.04 Å². The minimum absolute atomic E-state index is 0.0368. The zero-order valence-corrected chi connectivity index (χ0v) is 16.3. The number of halogens is 1. The average Bonchev–Trinajstić information content (AvgIpc) is 3.16. The van der Waals surface area contributed by atoms with Gasteiger partial charge in [-0.05, 0) is 28.8 Å². The highest BCUT2D eigenvalue weighted by molar-refractivity contribution is 9.10. The van der Waals surface area contributed by atoms with Crippen LogP contribution in [0, 0.1) is 11.3 Å². The van der Waals surface area contributed by atoms with Crippen molar-refractivity contribution < 1.29 is 0 Å². The molecule has 0 spiro atoms. The number of hydrogen-bond donors (Lipinski definition) is 0. The molecule has 0 saturated heterocycles. The van der Waals surface area contributed by atoms with E-state index in [-0.39, 0.29) is 6.04 Å². The molecule has 3 nitrogen and oxygen atoms in total. The first-order valence-electron chi connectivity index (χ1n) is 8.87. The molecule has 27 heavy (non-hydrogen) atoms. The first kappa shape index (κ1) is 17.5. The molecule has 132 valence electrons. The number of rotatable bonds is 4. The lowest BCUT2D eigenvalue weighted by Gasteiger charge is -2.28. The fraction of sp³-hybridized carbons (Fsp3) is 0.130. The molecule has 0 saturated carbocycles. The highest BCUT2D eigenvalue weighted by Crippen LogP contribution is 2.39. The number of nitriles is 1. The summed E-state index contributed by atoms with van der Waals surface area (Å²) < 4.78 is 0.998. The summed E-state index contributed by atoms with van der Waals surface area (Å²) in [5.74, 6) is 0. The molecule has 1 aliphatic heterocycles. The Morgan fingerprint density at radius 3 is 2.19 bits per heavy atom. The van der Waals surface area contributed by atoms with Crippen molar-refractivity contribution in [3.8, 4) is 6.07 Å². The lowest BCUT2D eigenvalue weighted by Crippen LogP contribution is -2.24. The summed E-state index contributed by atoms with van der Waals surface area (Å²) in [6, 6.07) is 30.5. The van der Waals surface area contributed by atoms with Crippen LogP contribution in [0.4, 0.5) is 0 Å². The Bertz CT molecular complexity index is 976. The van der Waals surface area contributed by atoms with E-state index in [1.807, 2.05) is 65.7 Å². The van der Waals surface area contributed by atoms with E-state index in [4.69, 9.17) is 5.10 Å². The maximum atomic E-state index is 9.96. The van der Waals surface area contributed by atoms with Gasteiger partial charge in [-0.2, -0.15) is 10.4 Å². The van der Waals surface area contributed by atoms with E-state index >= 15 is 0 Å². The van der Waals surface area contributed by atoms with Gasteiger partial charge in [0.25, 0.3) is 0 Å². The van der Waals surface area contributed by atoms with E-state index < -0.39 is 6.04 Å². The van der Waals surface area contributed by atoms with Gasteiger partial charge < -0.3 is 0 Å². The molecule has 4 heteroatoms. The first-order chi connectivity index (χ1) is 13.3. The minimum Gasteiger partial charge on any atom is -0.267 e. The highest BCUT2D eigenvalue weighted by Gasteiger charge is 2.34. The molecule has 0 unspecified atom stereocenters. The van der Waals surface area contributed by atoms with Gasteiger partial charge in [-0.15, -0.1) is 0 Å². The van der Waals surface area contributed by atoms with Gasteiger partial charge in [-0.25, -0.2) is 0 Å². The SMILES string of the molecule is N#C[C@H](c1ccc(Br)cc1)N1N=C(c2ccccc2)C[C@@H]1c1ccccc1. The summed E-state index contributed by atoms with van der Waals surface area (Å²) in [6.45, 7) is 0. The van der Waals surface area contributed by atoms with Crippen LogP contribution in [0.2, 0.25) is 0 Å². The Kier molecular flexibility index (Phi) is 5.04. The zero-order chi connectivity index (χ0) is 18.6. The Morgan fingerprint density at radius 1 is 0.926 bits per heavy atom. The molecule has 0 aliphatic carbocycles. The van der Waals surface area contributed by atoms with Crippen LogP contribution in [-0.4, -0.2) is 10.7 Å². The monoisotopic (exact) mass is 415 g/mol. The van der Waals surface area contributed by atoms with Gasteiger partial charge in [0.05, 0.1) is 17.8 Å². The second-order valence-electron chi connectivity index (χ2n) is 6.51. The molecule has 0 bridgehead atoms. The molecule has 3 aromatic rings. The fourth-order valence-corrected chi connectivity index (χ4v) is 3.71. The number of hydrazone groups is 1. The normalized spacial score (nSPS) is 17.3. The number of hydrogen-bond acceptors (Lipinski definition) is 3. The fourth-order valence-electron chi connectivity index (χ4n) is 3.45. The lowest BCUT2D eigenvalue weighted by atomic mass is 9.97. The van der Waals surface area contributed by atoms with Crippen molar-refractivity contribution in [3.05, 3.63) is 106 Å². The molecule has 0 amide bonds. The second kappa shape index (κ2) is 7.77. The smallest absolute Gasteiger partial charge is 0.159 e. The predicted molar refractivity (Wildman–Crippen MR) is 111 cm³/mol. The van der Waals surface area contributed by atoms with Crippen molar-refractivity contribution in [2.24, 2.45) is 5.10 Å². The van der Waals surface area contributed by atoms with E-state index in [0.717, 1.165) is 27.7 Å². The van der Waals surface area contributed by atoms with Gasteiger partial charge in [0.2, 0.25) is 0 Å². The third kappa shape index (κ3) is 3.65. The second-order valence-corrected chi connectivity index (χ2v) is 7.42. The zero-order valence-electron chi connectivity index (χ0n) is 14.7. The summed E-state index contributed by atoms with van der Waals surface area (Å²) in [5.41, 5.74) is 4.24. The molecular weight excluding hydrogens is 398 g/mol. The summed E-state index contributed by atoms with van der Waals surface area (Å²) in [6.07, 6.45) is 0.780. The maximum absolute atomic E-state index is 9.96. The van der Waals surface area contributed by atoms with Crippen LogP contribution in [0.15, 0.2) is 94.5 Å². The number of benzene rings is 3. The van der Waals surface area contributed by atoms with Crippen molar-refractivity contribution in [2.75, 3.05) is 0 Å². The van der Waals surface area contributed by atoms with Crippen molar-refractivity contribution in [2.45, 2.75) is 18.5 Å². The molecule has 0 radical (unpaired) electrons. The molecule has 0 fully saturated rings. The van der Waals surface area contributed by atoms with Crippen LogP contribution in [0.25, 0.3) is 0 Å². The Balaban J connectivity index is 1.76. The largest absolute Gasteiger partial charge is 0.267 e. The maximum Gasteiger partial charge on any atom is 0.159 e. The van der Waals surface area contributed by atoms with Gasteiger partial charge in [-0.1, -0.05) is 88.7 Å². The van der Waals surface area contributed by atoms with E-state index in [2.05, 4.69) is 46.3 Å². The average molecular weight is 416 g/mol. The molecule has 0 N–H and O–H groups in total. The van der Waals surface area contributed by atoms with Crippen molar-refractivity contribution in [1.29, 1.82) is 5.26 Å². The van der Waals surface area contributed by atoms with Crippen LogP contribution < -0.4 is 0 Å². The first-order valence-corrected chi connectivity index (χ1v) is 9.67. The summed E-state index contributed by atoms with van der Waals surface area (Å²) in [7, 11) is 0. The van der Waals surface area contributed by atoms with Gasteiger partial charge >= 0.3 is 0 Å². The molecule has 1 heterocycles. The Morgan fingerprint density at radius 2 is 1.56 bits per heavy atom. The summed E-state index contributed by atoms with van der Waals surface area (Å²) in [4.78, 5) is 0. The Labute approximate surface area is 167 Å². The van der Waals surface area contributed by atoms with Crippen LogP contribution >= 0.6 is 15.9 Å². The third-order valence-corrected chi connectivity index (χ3v) is 5.33. The minimum atomic E-state index is -0.440. The van der Waals surface area contributed by atoms with Crippen LogP contribution in [0.1, 0.15) is 35.2 Å². The van der Waals surface area contributed by atoms with E-state index in [0.29, 0.717) is 0 Å². The molecule has 1 aliphatic rings. The Hall–Kier alpha value is -2.90. The lowest BCUT2D eigenvalue weighted by molar-refractivity contribution is 0.196. The molecule has 2 atom stereocenters. The third-order valence-electron chi connectivity index (χ3n) is 4.81. The highest BCUT2D eigenvalue weighted by atomic mass is 79.9. The molecule has 3 aromatic carbocycles. The summed E-state index contributed by atoms with van der Waals surface area (Å²) >= 11 is 3.46. The van der Waals surface area contributed by atoms with Gasteiger partial charge in [-0.3, -0.25) is 5.01 Å². The molecule has 0 aromatic heterocycles. The van der Waals surface area contributed by atoms with E-state index in [9.17, 15) is 5.26 Å². The molecule has 4 rings (SSSR count). The van der Waals surface area contributed by atoms with E-state index in [1.54, 1.807) is 0 Å². The van der Waals surface area contributed by atoms with E-state index in [1.165, 1.54) is 5.56 Å². The predicted octanol–water partition coefficient (Wildman–Crippen LogP) is 5.87. The van der Waals surface area contributed by atoms with Gasteiger partial charge in [0, 0.05) is 10.9 Å². The van der Waals surface area contributed by atoms with Crippen molar-refractivity contribution in [1.82, 2.24) is 5.01 Å². The topological polar surface area (TPSA) is 39.4 Å². The van der Waals surface area contributed by atoms with Crippen LogP contribution in [-0.2, 0) is 0 Å². The van der Waals surface area contributed by atoms with Gasteiger partial charge in [0.1, 0.15) is 0 Å². The number of nitrogens with zero attached hydrogens (tertiary/aromatic N) is 3. The molecular formula is C23H18BrN3. The van der Waals surface area contributed by atoms with Crippen LogP contribution in [0.5, 0.6) is 0 Å². The van der Waals surface area contributed by atoms with Crippen LogP contribution in [0.3, 0.4) is 0 Å².